The molecule has 152 valence electrons. The molecule has 0 amide bonds. The molecule has 2 aliphatic rings. The highest BCUT2D eigenvalue weighted by Gasteiger charge is 2.23. The molecule has 0 radical (unpaired) electrons. The van der Waals surface area contributed by atoms with Crippen LogP contribution in [0.1, 0.15) is 55.2 Å². The van der Waals surface area contributed by atoms with Crippen LogP contribution in [0.3, 0.4) is 0 Å². The summed E-state index contributed by atoms with van der Waals surface area (Å²) in [6, 6.07) is 6.61. The molecule has 1 atom stereocenters. The van der Waals surface area contributed by atoms with E-state index < -0.39 is 0 Å². The second kappa shape index (κ2) is 8.13. The SMILES string of the molecule is Cc1nn(C(C)C)c(C)c1CN(Cc1ccc2c(c1)OCO2)CC1CCCO1. The van der Waals surface area contributed by atoms with Gasteiger partial charge in [0, 0.05) is 43.5 Å². The van der Waals surface area contributed by atoms with Gasteiger partial charge in [0.15, 0.2) is 11.5 Å². The number of hydrogen-bond donors (Lipinski definition) is 0. The summed E-state index contributed by atoms with van der Waals surface area (Å²) in [5, 5.41) is 4.77. The van der Waals surface area contributed by atoms with Crippen molar-refractivity contribution < 1.29 is 14.2 Å². The van der Waals surface area contributed by atoms with E-state index in [9.17, 15) is 0 Å². The number of aryl methyl sites for hydroxylation is 1. The van der Waals surface area contributed by atoms with Crippen molar-refractivity contribution in [1.82, 2.24) is 14.7 Å². The van der Waals surface area contributed by atoms with Gasteiger partial charge < -0.3 is 14.2 Å². The maximum Gasteiger partial charge on any atom is 0.231 e. The van der Waals surface area contributed by atoms with E-state index in [2.05, 4.69) is 49.4 Å². The minimum atomic E-state index is 0.311. The molecule has 0 spiro atoms. The number of aromatic nitrogens is 2. The van der Waals surface area contributed by atoms with E-state index in [1.54, 1.807) is 0 Å². The zero-order valence-electron chi connectivity index (χ0n) is 17.4. The first kappa shape index (κ1) is 19.3. The van der Waals surface area contributed by atoms with Gasteiger partial charge in [0.2, 0.25) is 6.79 Å². The quantitative estimate of drug-likeness (QED) is 0.721. The fraction of sp³-hybridized carbons (Fsp3) is 0.591. The van der Waals surface area contributed by atoms with Crippen LogP contribution in [-0.4, -0.2) is 40.7 Å². The van der Waals surface area contributed by atoms with E-state index in [0.29, 0.717) is 18.9 Å². The fourth-order valence-electron chi connectivity index (χ4n) is 4.21. The molecule has 1 unspecified atom stereocenters. The third kappa shape index (κ3) is 4.03. The van der Waals surface area contributed by atoms with Crippen LogP contribution in [0.5, 0.6) is 11.5 Å². The average Bonchev–Trinajstić information content (AvgIpc) is 3.38. The van der Waals surface area contributed by atoms with Crippen molar-refractivity contribution in [2.45, 2.75) is 65.8 Å². The molecular weight excluding hydrogens is 354 g/mol. The summed E-state index contributed by atoms with van der Waals surface area (Å²) >= 11 is 0. The Morgan fingerprint density at radius 3 is 2.71 bits per heavy atom. The highest BCUT2D eigenvalue weighted by atomic mass is 16.7. The number of nitrogens with zero attached hydrogens (tertiary/aromatic N) is 3. The Hall–Kier alpha value is -2.05. The minimum Gasteiger partial charge on any atom is -0.454 e. The van der Waals surface area contributed by atoms with Gasteiger partial charge in [-0.05, 0) is 58.2 Å². The van der Waals surface area contributed by atoms with Crippen molar-refractivity contribution in [1.29, 1.82) is 0 Å². The van der Waals surface area contributed by atoms with E-state index in [1.807, 2.05) is 6.07 Å². The first-order valence-corrected chi connectivity index (χ1v) is 10.3. The van der Waals surface area contributed by atoms with E-state index in [0.717, 1.165) is 56.3 Å². The average molecular weight is 386 g/mol. The molecule has 0 saturated carbocycles. The maximum atomic E-state index is 5.93. The molecule has 1 aromatic carbocycles. The Bertz CT molecular complexity index is 825. The van der Waals surface area contributed by atoms with Crippen LogP contribution in [0, 0.1) is 13.8 Å². The van der Waals surface area contributed by atoms with E-state index >= 15 is 0 Å². The molecule has 28 heavy (non-hydrogen) atoms. The van der Waals surface area contributed by atoms with Crippen LogP contribution in [0.15, 0.2) is 18.2 Å². The van der Waals surface area contributed by atoms with Crippen LogP contribution in [0.2, 0.25) is 0 Å². The molecule has 6 nitrogen and oxygen atoms in total. The summed E-state index contributed by atoms with van der Waals surface area (Å²) in [4.78, 5) is 2.48. The summed E-state index contributed by atoms with van der Waals surface area (Å²) in [5.41, 5.74) is 4.94. The van der Waals surface area contributed by atoms with Crippen LogP contribution in [-0.2, 0) is 17.8 Å². The van der Waals surface area contributed by atoms with Gasteiger partial charge in [-0.15, -0.1) is 0 Å². The van der Waals surface area contributed by atoms with Crippen molar-refractivity contribution in [3.05, 3.63) is 40.7 Å². The number of ether oxygens (including phenoxy) is 3. The van der Waals surface area contributed by atoms with Gasteiger partial charge in [0.1, 0.15) is 0 Å². The molecule has 4 rings (SSSR count). The van der Waals surface area contributed by atoms with Gasteiger partial charge in [0.05, 0.1) is 11.8 Å². The lowest BCUT2D eigenvalue weighted by atomic mass is 10.1. The fourth-order valence-corrected chi connectivity index (χ4v) is 4.21. The zero-order valence-corrected chi connectivity index (χ0v) is 17.4. The van der Waals surface area contributed by atoms with Gasteiger partial charge in [0.25, 0.3) is 0 Å². The maximum absolute atomic E-state index is 5.93. The zero-order chi connectivity index (χ0) is 19.7. The van der Waals surface area contributed by atoms with Gasteiger partial charge in [-0.3, -0.25) is 9.58 Å². The Kier molecular flexibility index (Phi) is 5.60. The summed E-state index contributed by atoms with van der Waals surface area (Å²) in [7, 11) is 0. The molecular formula is C22H31N3O3. The second-order valence-corrected chi connectivity index (χ2v) is 8.18. The number of fused-ring (bicyclic) bond motifs is 1. The molecule has 2 aromatic rings. The predicted octanol–water partition coefficient (Wildman–Crippen LogP) is 3.99. The molecule has 1 saturated heterocycles. The van der Waals surface area contributed by atoms with Crippen molar-refractivity contribution in [3.8, 4) is 11.5 Å². The summed E-state index contributed by atoms with van der Waals surface area (Å²) in [6.07, 6.45) is 2.61. The standard InChI is InChI=1S/C22H31N3O3/c1-15(2)25-17(4)20(16(3)23-25)13-24(12-19-6-5-9-26-19)11-18-7-8-21-22(10-18)28-14-27-21/h7-8,10,15,19H,5-6,9,11-14H2,1-4H3. The molecule has 3 heterocycles. The van der Waals surface area contributed by atoms with Crippen LogP contribution in [0.25, 0.3) is 0 Å². The molecule has 2 aliphatic heterocycles. The van der Waals surface area contributed by atoms with E-state index in [4.69, 9.17) is 19.3 Å². The van der Waals surface area contributed by atoms with Crippen molar-refractivity contribution in [2.75, 3.05) is 19.9 Å². The summed E-state index contributed by atoms with van der Waals surface area (Å²) < 4.78 is 19.1. The predicted molar refractivity (Wildman–Crippen MR) is 108 cm³/mol. The summed E-state index contributed by atoms with van der Waals surface area (Å²) in [5.74, 6) is 1.67. The van der Waals surface area contributed by atoms with Gasteiger partial charge in [-0.1, -0.05) is 6.07 Å². The monoisotopic (exact) mass is 385 g/mol. The third-order valence-corrected chi connectivity index (χ3v) is 5.67. The molecule has 1 aromatic heterocycles. The van der Waals surface area contributed by atoms with Crippen LogP contribution >= 0.6 is 0 Å². The Morgan fingerprint density at radius 2 is 2.00 bits per heavy atom. The highest BCUT2D eigenvalue weighted by molar-refractivity contribution is 5.44. The topological polar surface area (TPSA) is 48.8 Å². The summed E-state index contributed by atoms with van der Waals surface area (Å²) in [6.45, 7) is 12.5. The lowest BCUT2D eigenvalue weighted by molar-refractivity contribution is 0.0677. The van der Waals surface area contributed by atoms with E-state index in [-0.39, 0.29) is 0 Å². The van der Waals surface area contributed by atoms with Crippen LogP contribution in [0.4, 0.5) is 0 Å². The van der Waals surface area contributed by atoms with Gasteiger partial charge in [-0.2, -0.15) is 5.10 Å². The third-order valence-electron chi connectivity index (χ3n) is 5.67. The Labute approximate surface area is 167 Å². The minimum absolute atomic E-state index is 0.311. The molecule has 6 heteroatoms. The normalized spacial score (nSPS) is 18.6. The molecule has 0 aliphatic carbocycles. The first-order valence-electron chi connectivity index (χ1n) is 10.3. The Balaban J connectivity index is 1.55. The number of rotatable bonds is 7. The highest BCUT2D eigenvalue weighted by Crippen LogP contribution is 2.33. The van der Waals surface area contributed by atoms with Gasteiger partial charge in [-0.25, -0.2) is 0 Å². The van der Waals surface area contributed by atoms with Crippen molar-refractivity contribution >= 4 is 0 Å². The first-order chi connectivity index (χ1) is 13.5. The van der Waals surface area contributed by atoms with E-state index in [1.165, 1.54) is 16.8 Å². The van der Waals surface area contributed by atoms with Crippen molar-refractivity contribution in [3.63, 3.8) is 0 Å². The van der Waals surface area contributed by atoms with Gasteiger partial charge >= 0.3 is 0 Å². The molecule has 0 bridgehead atoms. The Morgan fingerprint density at radius 1 is 1.18 bits per heavy atom. The largest absolute Gasteiger partial charge is 0.454 e. The number of hydrogen-bond acceptors (Lipinski definition) is 5. The second-order valence-electron chi connectivity index (χ2n) is 8.18. The van der Waals surface area contributed by atoms with Crippen LogP contribution < -0.4 is 9.47 Å². The number of benzene rings is 1. The smallest absolute Gasteiger partial charge is 0.231 e. The van der Waals surface area contributed by atoms with Crippen molar-refractivity contribution in [2.24, 2.45) is 0 Å². The lowest BCUT2D eigenvalue weighted by Gasteiger charge is -2.26. The lowest BCUT2D eigenvalue weighted by Crippen LogP contribution is -2.31. The molecule has 0 N–H and O–H groups in total. The molecule has 1 fully saturated rings.